The van der Waals surface area contributed by atoms with E-state index in [1.165, 1.54) is 11.1 Å². The highest BCUT2D eigenvalue weighted by molar-refractivity contribution is 7.07. The number of benzene rings is 1. The van der Waals surface area contributed by atoms with E-state index < -0.39 is 0 Å². The second kappa shape index (κ2) is 4.55. The first-order valence-corrected chi connectivity index (χ1v) is 7.15. The Labute approximate surface area is 111 Å². The van der Waals surface area contributed by atoms with Gasteiger partial charge in [-0.25, -0.2) is 4.98 Å². The summed E-state index contributed by atoms with van der Waals surface area (Å²) in [7, 11) is 0. The maximum absolute atomic E-state index is 9.71. The molecule has 90 valence electrons. The molecule has 0 saturated carbocycles. The van der Waals surface area contributed by atoms with Crippen molar-refractivity contribution in [3.63, 3.8) is 0 Å². The number of aryl methyl sites for hydroxylation is 1. The van der Waals surface area contributed by atoms with Crippen molar-refractivity contribution in [3.8, 4) is 6.07 Å². The molecule has 2 aromatic rings. The fourth-order valence-corrected chi connectivity index (χ4v) is 3.45. The van der Waals surface area contributed by atoms with E-state index in [1.54, 1.807) is 11.3 Å². The average Bonchev–Trinajstić information content (AvgIpc) is 2.92. The Kier molecular flexibility index (Phi) is 2.89. The van der Waals surface area contributed by atoms with Crippen LogP contribution in [0.5, 0.6) is 0 Å². The van der Waals surface area contributed by atoms with Crippen molar-refractivity contribution in [3.05, 3.63) is 52.0 Å². The lowest BCUT2D eigenvalue weighted by Gasteiger charge is -2.32. The van der Waals surface area contributed by atoms with Crippen LogP contribution in [-0.4, -0.2) is 4.98 Å². The summed E-state index contributed by atoms with van der Waals surface area (Å²) in [6, 6.07) is 10.9. The third-order valence-electron chi connectivity index (χ3n) is 3.76. The van der Waals surface area contributed by atoms with Gasteiger partial charge < -0.3 is 0 Å². The second-order valence-electron chi connectivity index (χ2n) is 4.86. The normalized spacial score (nSPS) is 22.2. The van der Waals surface area contributed by atoms with Crippen LogP contribution in [0, 0.1) is 11.3 Å². The van der Waals surface area contributed by atoms with E-state index in [0.717, 1.165) is 31.4 Å². The summed E-state index contributed by atoms with van der Waals surface area (Å²) in [5.74, 6) is 0. The van der Waals surface area contributed by atoms with E-state index in [4.69, 9.17) is 0 Å². The molecule has 18 heavy (non-hydrogen) atoms. The predicted octanol–water partition coefficient (Wildman–Crippen LogP) is 3.48. The van der Waals surface area contributed by atoms with Crippen molar-refractivity contribution in [1.29, 1.82) is 5.26 Å². The van der Waals surface area contributed by atoms with E-state index in [-0.39, 0.29) is 5.41 Å². The molecule has 0 N–H and O–H groups in total. The SMILES string of the molecule is N#CC1(Cc2cscn2)CCCc2ccccc21. The number of rotatable bonds is 2. The van der Waals surface area contributed by atoms with Crippen LogP contribution in [0.2, 0.25) is 0 Å². The van der Waals surface area contributed by atoms with Gasteiger partial charge >= 0.3 is 0 Å². The maximum Gasteiger partial charge on any atom is 0.0880 e. The smallest absolute Gasteiger partial charge is 0.0880 e. The lowest BCUT2D eigenvalue weighted by Crippen LogP contribution is -2.31. The number of thiazole rings is 1. The van der Waals surface area contributed by atoms with Crippen LogP contribution in [-0.2, 0) is 18.3 Å². The van der Waals surface area contributed by atoms with Crippen molar-refractivity contribution >= 4 is 11.3 Å². The van der Waals surface area contributed by atoms with Crippen molar-refractivity contribution < 1.29 is 0 Å². The van der Waals surface area contributed by atoms with E-state index in [2.05, 4.69) is 34.6 Å². The molecule has 0 bridgehead atoms. The monoisotopic (exact) mass is 254 g/mol. The third kappa shape index (κ3) is 1.83. The van der Waals surface area contributed by atoms with E-state index in [1.807, 2.05) is 11.6 Å². The number of fused-ring (bicyclic) bond motifs is 1. The molecule has 2 nitrogen and oxygen atoms in total. The predicted molar refractivity (Wildman–Crippen MR) is 72.5 cm³/mol. The maximum atomic E-state index is 9.71. The Morgan fingerprint density at radius 1 is 1.39 bits per heavy atom. The highest BCUT2D eigenvalue weighted by Gasteiger charge is 2.37. The molecule has 1 aliphatic rings. The summed E-state index contributed by atoms with van der Waals surface area (Å²) in [5.41, 5.74) is 5.06. The van der Waals surface area contributed by atoms with E-state index in [0.29, 0.717) is 0 Å². The van der Waals surface area contributed by atoms with Crippen molar-refractivity contribution in [2.45, 2.75) is 31.1 Å². The van der Waals surface area contributed by atoms with Crippen molar-refractivity contribution in [2.75, 3.05) is 0 Å². The highest BCUT2D eigenvalue weighted by Crippen LogP contribution is 2.39. The summed E-state index contributed by atoms with van der Waals surface area (Å²) < 4.78 is 0. The van der Waals surface area contributed by atoms with Gasteiger partial charge in [0.1, 0.15) is 0 Å². The molecular weight excluding hydrogens is 240 g/mol. The first-order valence-electron chi connectivity index (χ1n) is 6.21. The zero-order chi connectivity index (χ0) is 12.4. The topological polar surface area (TPSA) is 36.7 Å². The molecule has 0 saturated heterocycles. The van der Waals surface area contributed by atoms with Crippen LogP contribution < -0.4 is 0 Å². The van der Waals surface area contributed by atoms with Crippen LogP contribution in [0.25, 0.3) is 0 Å². The fraction of sp³-hybridized carbons (Fsp3) is 0.333. The minimum absolute atomic E-state index is 0.372. The molecule has 0 fully saturated rings. The van der Waals surface area contributed by atoms with Gasteiger partial charge in [0, 0.05) is 11.8 Å². The summed E-state index contributed by atoms with van der Waals surface area (Å²) in [5, 5.41) is 11.8. The first kappa shape index (κ1) is 11.4. The van der Waals surface area contributed by atoms with Gasteiger partial charge in [0.25, 0.3) is 0 Å². The Morgan fingerprint density at radius 3 is 3.06 bits per heavy atom. The Bertz CT molecular complexity index is 583. The van der Waals surface area contributed by atoms with E-state index >= 15 is 0 Å². The molecule has 1 aliphatic carbocycles. The molecule has 3 heteroatoms. The summed E-state index contributed by atoms with van der Waals surface area (Å²) in [6.45, 7) is 0. The zero-order valence-electron chi connectivity index (χ0n) is 10.1. The number of nitriles is 1. The number of aromatic nitrogens is 1. The van der Waals surface area contributed by atoms with Gasteiger partial charge in [-0.3, -0.25) is 0 Å². The molecular formula is C15H14N2S. The fourth-order valence-electron chi connectivity index (χ4n) is 2.89. The Morgan fingerprint density at radius 2 is 2.28 bits per heavy atom. The van der Waals surface area contributed by atoms with Crippen LogP contribution in [0.3, 0.4) is 0 Å². The molecule has 1 heterocycles. The van der Waals surface area contributed by atoms with Crippen LogP contribution in [0.15, 0.2) is 35.2 Å². The Balaban J connectivity index is 2.05. The van der Waals surface area contributed by atoms with Gasteiger partial charge in [0.2, 0.25) is 0 Å². The van der Waals surface area contributed by atoms with Crippen molar-refractivity contribution in [1.82, 2.24) is 4.98 Å². The van der Waals surface area contributed by atoms with Gasteiger partial charge in [-0.05, 0) is 30.4 Å². The molecule has 3 rings (SSSR count). The van der Waals surface area contributed by atoms with Gasteiger partial charge in [0.15, 0.2) is 0 Å². The summed E-state index contributed by atoms with van der Waals surface area (Å²) in [6.07, 6.45) is 3.87. The summed E-state index contributed by atoms with van der Waals surface area (Å²) >= 11 is 1.60. The first-order chi connectivity index (χ1) is 8.84. The molecule has 1 aromatic heterocycles. The number of nitrogens with zero attached hydrogens (tertiary/aromatic N) is 2. The van der Waals surface area contributed by atoms with Gasteiger partial charge in [-0.15, -0.1) is 11.3 Å². The lowest BCUT2D eigenvalue weighted by atomic mass is 9.68. The largest absolute Gasteiger partial charge is 0.250 e. The number of hydrogen-bond acceptors (Lipinski definition) is 3. The van der Waals surface area contributed by atoms with Crippen LogP contribution >= 0.6 is 11.3 Å². The van der Waals surface area contributed by atoms with Crippen LogP contribution in [0.4, 0.5) is 0 Å². The minimum atomic E-state index is -0.372. The van der Waals surface area contributed by atoms with Gasteiger partial charge in [-0.2, -0.15) is 5.26 Å². The zero-order valence-corrected chi connectivity index (χ0v) is 10.9. The molecule has 1 atom stereocenters. The van der Waals surface area contributed by atoms with E-state index in [9.17, 15) is 5.26 Å². The third-order valence-corrected chi connectivity index (χ3v) is 4.40. The highest BCUT2D eigenvalue weighted by atomic mass is 32.1. The molecule has 1 unspecified atom stereocenters. The van der Waals surface area contributed by atoms with Crippen molar-refractivity contribution in [2.24, 2.45) is 0 Å². The van der Waals surface area contributed by atoms with Gasteiger partial charge in [-0.1, -0.05) is 24.3 Å². The molecule has 0 amide bonds. The lowest BCUT2D eigenvalue weighted by molar-refractivity contribution is 0.447. The van der Waals surface area contributed by atoms with Gasteiger partial charge in [0.05, 0.1) is 22.7 Å². The Hall–Kier alpha value is -1.66. The second-order valence-corrected chi connectivity index (χ2v) is 5.58. The summed E-state index contributed by atoms with van der Waals surface area (Å²) in [4.78, 5) is 4.34. The number of hydrogen-bond donors (Lipinski definition) is 0. The average molecular weight is 254 g/mol. The molecule has 0 radical (unpaired) electrons. The molecule has 0 aliphatic heterocycles. The standard InChI is InChI=1S/C15H14N2S/c16-10-15(8-13-9-18-11-17-13)7-3-5-12-4-1-2-6-14(12)15/h1-2,4,6,9,11H,3,5,7-8H2. The minimum Gasteiger partial charge on any atom is -0.250 e. The quantitative estimate of drug-likeness (QED) is 0.822. The molecule has 0 spiro atoms. The van der Waals surface area contributed by atoms with Crippen LogP contribution in [0.1, 0.15) is 29.7 Å². The molecule has 1 aromatic carbocycles.